The Bertz CT molecular complexity index is 531. The Kier molecular flexibility index (Phi) is 4.28. The van der Waals surface area contributed by atoms with E-state index in [1.165, 1.54) is 0 Å². The third-order valence-electron chi connectivity index (χ3n) is 1.97. The summed E-state index contributed by atoms with van der Waals surface area (Å²) >= 11 is 11.7. The Morgan fingerprint density at radius 1 is 1.28 bits per heavy atom. The Morgan fingerprint density at radius 2 is 2.11 bits per heavy atom. The number of rotatable bonds is 5. The summed E-state index contributed by atoms with van der Waals surface area (Å²) in [7, 11) is 0. The second-order valence-electron chi connectivity index (χ2n) is 3.27. The molecule has 0 radical (unpaired) electrons. The summed E-state index contributed by atoms with van der Waals surface area (Å²) in [5, 5.41) is 4.67. The summed E-state index contributed by atoms with van der Waals surface area (Å²) in [4.78, 5) is 3.97. The summed E-state index contributed by atoms with van der Waals surface area (Å²) in [5.74, 6) is 0.883. The van der Waals surface area contributed by atoms with Crippen LogP contribution in [-0.4, -0.2) is 16.7 Å². The number of ether oxygens (including phenoxy) is 2. The largest absolute Gasteiger partial charge is 0.484 e. The Hall–Kier alpha value is -1.46. The quantitative estimate of drug-likeness (QED) is 0.844. The van der Waals surface area contributed by atoms with Gasteiger partial charge >= 0.3 is 6.08 Å². The maximum Gasteiger partial charge on any atom is 0.417 e. The molecule has 0 unspecified atom stereocenters. The standard InChI is InChI=1S/C11H10Cl2N2O3/c1-2-16-11-14-10(15-18-11)6-17-9-4-3-7(12)5-8(9)13/h3-5H,2,6H2,1H3. The number of hydrogen-bond donors (Lipinski definition) is 0. The monoisotopic (exact) mass is 288 g/mol. The van der Waals surface area contributed by atoms with Crippen molar-refractivity contribution in [2.24, 2.45) is 0 Å². The molecule has 1 aromatic heterocycles. The van der Waals surface area contributed by atoms with E-state index in [1.54, 1.807) is 18.2 Å². The zero-order valence-corrected chi connectivity index (χ0v) is 11.0. The molecule has 0 saturated heterocycles. The zero-order valence-electron chi connectivity index (χ0n) is 9.52. The highest BCUT2D eigenvalue weighted by molar-refractivity contribution is 6.35. The maximum absolute atomic E-state index is 5.95. The molecule has 0 bridgehead atoms. The summed E-state index contributed by atoms with van der Waals surface area (Å²) in [6.45, 7) is 2.43. The van der Waals surface area contributed by atoms with Crippen molar-refractivity contribution in [1.29, 1.82) is 0 Å². The lowest BCUT2D eigenvalue weighted by Crippen LogP contribution is -1.98. The molecule has 0 fully saturated rings. The first-order valence-electron chi connectivity index (χ1n) is 5.22. The van der Waals surface area contributed by atoms with Gasteiger partial charge < -0.3 is 9.47 Å². The third kappa shape index (κ3) is 3.27. The van der Waals surface area contributed by atoms with Crippen molar-refractivity contribution in [1.82, 2.24) is 10.1 Å². The van der Waals surface area contributed by atoms with Crippen molar-refractivity contribution >= 4 is 23.2 Å². The number of benzene rings is 1. The van der Waals surface area contributed by atoms with E-state index in [0.717, 1.165) is 0 Å². The van der Waals surface area contributed by atoms with Gasteiger partial charge in [0.25, 0.3) is 0 Å². The van der Waals surface area contributed by atoms with Gasteiger partial charge in [-0.25, -0.2) is 0 Å². The number of nitrogens with zero attached hydrogens (tertiary/aromatic N) is 2. The molecule has 0 N–H and O–H groups in total. The fraction of sp³-hybridized carbons (Fsp3) is 0.273. The van der Waals surface area contributed by atoms with Crippen LogP contribution in [0.5, 0.6) is 11.8 Å². The van der Waals surface area contributed by atoms with Crippen LogP contribution in [0.3, 0.4) is 0 Å². The van der Waals surface area contributed by atoms with Gasteiger partial charge in [0.1, 0.15) is 5.75 Å². The normalized spacial score (nSPS) is 10.4. The molecule has 18 heavy (non-hydrogen) atoms. The minimum atomic E-state index is 0.123. The van der Waals surface area contributed by atoms with Crippen molar-refractivity contribution in [3.05, 3.63) is 34.1 Å². The van der Waals surface area contributed by atoms with Gasteiger partial charge in [0.15, 0.2) is 6.61 Å². The summed E-state index contributed by atoms with van der Waals surface area (Å²) in [6, 6.07) is 4.96. The van der Waals surface area contributed by atoms with Crippen LogP contribution in [0, 0.1) is 0 Å². The first-order chi connectivity index (χ1) is 8.69. The minimum Gasteiger partial charge on any atom is -0.484 e. The molecule has 0 aliphatic rings. The van der Waals surface area contributed by atoms with Crippen molar-refractivity contribution < 1.29 is 14.0 Å². The van der Waals surface area contributed by atoms with Gasteiger partial charge in [-0.1, -0.05) is 28.4 Å². The number of aromatic nitrogens is 2. The molecule has 96 valence electrons. The van der Waals surface area contributed by atoms with Gasteiger partial charge in [0.05, 0.1) is 11.6 Å². The Balaban J connectivity index is 1.97. The molecular formula is C11H10Cl2N2O3. The van der Waals surface area contributed by atoms with Crippen LogP contribution in [0.2, 0.25) is 10.0 Å². The highest BCUT2D eigenvalue weighted by atomic mass is 35.5. The highest BCUT2D eigenvalue weighted by Gasteiger charge is 2.08. The Morgan fingerprint density at radius 3 is 2.83 bits per heavy atom. The highest BCUT2D eigenvalue weighted by Crippen LogP contribution is 2.28. The molecule has 0 aliphatic heterocycles. The SMILES string of the molecule is CCOc1nc(COc2ccc(Cl)cc2Cl)no1. The molecule has 0 saturated carbocycles. The molecule has 1 heterocycles. The van der Waals surface area contributed by atoms with E-state index >= 15 is 0 Å². The number of halogens is 2. The number of hydrogen-bond acceptors (Lipinski definition) is 5. The van der Waals surface area contributed by atoms with Crippen LogP contribution >= 0.6 is 23.2 Å². The predicted molar refractivity (Wildman–Crippen MR) is 66.3 cm³/mol. The van der Waals surface area contributed by atoms with Crippen molar-refractivity contribution in [2.45, 2.75) is 13.5 Å². The molecule has 0 aliphatic carbocycles. The van der Waals surface area contributed by atoms with E-state index < -0.39 is 0 Å². The molecule has 7 heteroatoms. The van der Waals surface area contributed by atoms with Crippen molar-refractivity contribution in [3.63, 3.8) is 0 Å². The molecule has 0 atom stereocenters. The van der Waals surface area contributed by atoms with Gasteiger partial charge in [-0.3, -0.25) is 4.52 Å². The maximum atomic E-state index is 5.95. The minimum absolute atomic E-state index is 0.123. The molecular weight excluding hydrogens is 279 g/mol. The van der Waals surface area contributed by atoms with Crippen molar-refractivity contribution in [2.75, 3.05) is 6.61 Å². The predicted octanol–water partition coefficient (Wildman–Crippen LogP) is 3.35. The zero-order chi connectivity index (χ0) is 13.0. The van der Waals surface area contributed by atoms with Gasteiger partial charge in [-0.15, -0.1) is 0 Å². The first-order valence-corrected chi connectivity index (χ1v) is 5.98. The van der Waals surface area contributed by atoms with Crippen LogP contribution in [0.4, 0.5) is 0 Å². The average molecular weight is 289 g/mol. The third-order valence-corrected chi connectivity index (χ3v) is 2.50. The fourth-order valence-corrected chi connectivity index (χ4v) is 1.68. The van der Waals surface area contributed by atoms with E-state index in [4.69, 9.17) is 37.2 Å². The van der Waals surface area contributed by atoms with Gasteiger partial charge in [0, 0.05) is 5.02 Å². The molecule has 5 nitrogen and oxygen atoms in total. The fourth-order valence-electron chi connectivity index (χ4n) is 1.21. The van der Waals surface area contributed by atoms with Crippen LogP contribution in [0.25, 0.3) is 0 Å². The smallest absolute Gasteiger partial charge is 0.417 e. The van der Waals surface area contributed by atoms with Crippen LogP contribution in [0.15, 0.2) is 22.7 Å². The second kappa shape index (κ2) is 5.93. The lowest BCUT2D eigenvalue weighted by molar-refractivity contribution is 0.213. The van der Waals surface area contributed by atoms with E-state index in [2.05, 4.69) is 10.1 Å². The van der Waals surface area contributed by atoms with E-state index in [-0.39, 0.29) is 12.7 Å². The van der Waals surface area contributed by atoms with Crippen LogP contribution in [-0.2, 0) is 6.61 Å². The summed E-state index contributed by atoms with van der Waals surface area (Å²) in [5.41, 5.74) is 0. The van der Waals surface area contributed by atoms with Gasteiger partial charge in [-0.2, -0.15) is 4.98 Å². The average Bonchev–Trinajstić information content (AvgIpc) is 2.76. The van der Waals surface area contributed by atoms with Gasteiger partial charge in [-0.05, 0) is 25.1 Å². The van der Waals surface area contributed by atoms with E-state index in [1.807, 2.05) is 6.92 Å². The topological polar surface area (TPSA) is 57.4 Å². The molecule has 1 aromatic carbocycles. The molecule has 0 spiro atoms. The molecule has 2 aromatic rings. The first kappa shape index (κ1) is 13.0. The van der Waals surface area contributed by atoms with Gasteiger partial charge in [0.2, 0.25) is 5.82 Å². The van der Waals surface area contributed by atoms with E-state index in [9.17, 15) is 0 Å². The van der Waals surface area contributed by atoms with E-state index in [0.29, 0.717) is 28.2 Å². The van der Waals surface area contributed by atoms with Crippen LogP contribution in [0.1, 0.15) is 12.7 Å². The second-order valence-corrected chi connectivity index (χ2v) is 4.12. The summed E-state index contributed by atoms with van der Waals surface area (Å²) < 4.78 is 15.3. The summed E-state index contributed by atoms with van der Waals surface area (Å²) in [6.07, 6.45) is 0.123. The van der Waals surface area contributed by atoms with Crippen molar-refractivity contribution in [3.8, 4) is 11.8 Å². The molecule has 2 rings (SSSR count). The lowest BCUT2D eigenvalue weighted by Gasteiger charge is -2.05. The van der Waals surface area contributed by atoms with Crippen LogP contribution < -0.4 is 9.47 Å². The lowest BCUT2D eigenvalue weighted by atomic mass is 10.3. The molecule has 0 amide bonds. The Labute approximate surface area is 114 Å².